The first kappa shape index (κ1) is 12.3. The van der Waals surface area contributed by atoms with E-state index in [1.54, 1.807) is 0 Å². The lowest BCUT2D eigenvalue weighted by atomic mass is 9.79. The van der Waals surface area contributed by atoms with Crippen LogP contribution in [0.25, 0.3) is 0 Å². The Morgan fingerprint density at radius 3 is 2.65 bits per heavy atom. The molecule has 1 aliphatic carbocycles. The molecule has 3 heteroatoms. The molecule has 0 saturated carbocycles. The minimum absolute atomic E-state index is 0.0866. The number of ether oxygens (including phenoxy) is 1. The molecule has 2 nitrogen and oxygen atoms in total. The summed E-state index contributed by atoms with van der Waals surface area (Å²) in [7, 11) is 0. The normalized spacial score (nSPS) is 27.4. The molecule has 2 aromatic carbocycles. The topological polar surface area (TPSA) is 29.6 Å². The van der Waals surface area contributed by atoms with Crippen LogP contribution in [-0.4, -0.2) is 11.4 Å². The Kier molecular flexibility index (Phi) is 2.63. The van der Waals surface area contributed by atoms with Crippen molar-refractivity contribution in [2.45, 2.75) is 24.5 Å². The van der Waals surface area contributed by atoms with Gasteiger partial charge in [0.2, 0.25) is 0 Å². The van der Waals surface area contributed by atoms with Gasteiger partial charge in [-0.3, -0.25) is 4.79 Å². The van der Waals surface area contributed by atoms with Crippen molar-refractivity contribution in [2.75, 3.05) is 0 Å². The molecule has 4 rings (SSSR count). The molecular formula is C17H13BrO2. The number of ketones is 1. The predicted molar refractivity (Wildman–Crippen MR) is 79.8 cm³/mol. The van der Waals surface area contributed by atoms with Crippen LogP contribution in [0, 0.1) is 0 Å². The van der Waals surface area contributed by atoms with Crippen LogP contribution < -0.4 is 0 Å². The van der Waals surface area contributed by atoms with E-state index >= 15 is 0 Å². The third kappa shape index (κ3) is 1.70. The summed E-state index contributed by atoms with van der Waals surface area (Å²) in [6, 6.07) is 15.9. The van der Waals surface area contributed by atoms with Crippen LogP contribution in [0.1, 0.15) is 34.0 Å². The molecule has 0 radical (unpaired) electrons. The summed E-state index contributed by atoms with van der Waals surface area (Å²) < 4.78 is 6.91. The number of rotatable bonds is 1. The molecule has 2 aliphatic rings. The third-order valence-corrected chi connectivity index (χ3v) is 4.81. The van der Waals surface area contributed by atoms with Gasteiger partial charge in [0.25, 0.3) is 0 Å². The fourth-order valence-electron chi connectivity index (χ4n) is 3.14. The van der Waals surface area contributed by atoms with Gasteiger partial charge < -0.3 is 4.74 Å². The fourth-order valence-corrected chi connectivity index (χ4v) is 3.40. The summed E-state index contributed by atoms with van der Waals surface area (Å²) in [4.78, 5) is 12.7. The molecule has 1 heterocycles. The van der Waals surface area contributed by atoms with Crippen LogP contribution >= 0.6 is 15.9 Å². The van der Waals surface area contributed by atoms with Crippen molar-refractivity contribution in [3.05, 3.63) is 69.7 Å². The van der Waals surface area contributed by atoms with E-state index in [1.165, 1.54) is 0 Å². The highest BCUT2D eigenvalue weighted by atomic mass is 79.9. The molecule has 1 spiro atoms. The molecule has 2 atom stereocenters. The van der Waals surface area contributed by atoms with Crippen molar-refractivity contribution in [3.8, 4) is 0 Å². The van der Waals surface area contributed by atoms with Crippen molar-refractivity contribution in [3.63, 3.8) is 0 Å². The Balaban J connectivity index is 1.69. The highest BCUT2D eigenvalue weighted by Gasteiger charge is 2.63. The molecule has 1 saturated heterocycles. The van der Waals surface area contributed by atoms with Gasteiger partial charge in [-0.1, -0.05) is 52.3 Å². The van der Waals surface area contributed by atoms with Crippen molar-refractivity contribution >= 4 is 21.7 Å². The second kappa shape index (κ2) is 4.27. The number of halogens is 1. The van der Waals surface area contributed by atoms with Crippen molar-refractivity contribution < 1.29 is 9.53 Å². The SMILES string of the molecule is O=C1c2ccccc2CC[C@]12O[C@@H]2c1ccc(Br)cc1. The largest absolute Gasteiger partial charge is 0.352 e. The number of hydrogen-bond donors (Lipinski definition) is 0. The number of fused-ring (bicyclic) bond motifs is 1. The van der Waals surface area contributed by atoms with Gasteiger partial charge in [0, 0.05) is 10.0 Å². The molecule has 0 N–H and O–H groups in total. The summed E-state index contributed by atoms with van der Waals surface area (Å²) in [5.41, 5.74) is 2.45. The number of benzene rings is 2. The summed E-state index contributed by atoms with van der Waals surface area (Å²) in [5, 5.41) is 0. The maximum atomic E-state index is 12.7. The van der Waals surface area contributed by atoms with Crippen LogP contribution in [0.2, 0.25) is 0 Å². The number of epoxide rings is 1. The van der Waals surface area contributed by atoms with Gasteiger partial charge in [0.05, 0.1) is 0 Å². The van der Waals surface area contributed by atoms with E-state index in [0.29, 0.717) is 0 Å². The first-order valence-corrected chi connectivity index (χ1v) is 7.56. The molecule has 100 valence electrons. The maximum absolute atomic E-state index is 12.7. The van der Waals surface area contributed by atoms with Gasteiger partial charge in [0.1, 0.15) is 6.10 Å². The molecule has 0 unspecified atom stereocenters. The Morgan fingerprint density at radius 1 is 1.10 bits per heavy atom. The quantitative estimate of drug-likeness (QED) is 0.738. The van der Waals surface area contributed by atoms with Gasteiger partial charge in [-0.2, -0.15) is 0 Å². The molecule has 2 aromatic rings. The minimum atomic E-state index is -0.609. The van der Waals surface area contributed by atoms with Crippen LogP contribution in [-0.2, 0) is 11.2 Å². The highest BCUT2D eigenvalue weighted by molar-refractivity contribution is 9.10. The Bertz CT molecular complexity index is 692. The molecule has 0 amide bonds. The zero-order valence-electron chi connectivity index (χ0n) is 10.8. The first-order valence-electron chi connectivity index (χ1n) is 6.77. The molecule has 20 heavy (non-hydrogen) atoms. The average Bonchev–Trinajstić information content (AvgIpc) is 3.20. The smallest absolute Gasteiger partial charge is 0.198 e. The van der Waals surface area contributed by atoms with Crippen LogP contribution in [0.5, 0.6) is 0 Å². The zero-order valence-corrected chi connectivity index (χ0v) is 12.4. The van der Waals surface area contributed by atoms with E-state index < -0.39 is 5.60 Å². The number of hydrogen-bond acceptors (Lipinski definition) is 2. The van der Waals surface area contributed by atoms with Gasteiger partial charge in [-0.15, -0.1) is 0 Å². The zero-order chi connectivity index (χ0) is 13.7. The fraction of sp³-hybridized carbons (Fsp3) is 0.235. The molecule has 0 aromatic heterocycles. The summed E-state index contributed by atoms with van der Waals surface area (Å²) in [6.45, 7) is 0. The van der Waals surface area contributed by atoms with E-state index in [1.807, 2.05) is 48.5 Å². The van der Waals surface area contributed by atoms with Crippen LogP contribution in [0.15, 0.2) is 53.0 Å². The first-order chi connectivity index (χ1) is 9.71. The third-order valence-electron chi connectivity index (χ3n) is 4.28. The maximum Gasteiger partial charge on any atom is 0.198 e. The molecular weight excluding hydrogens is 316 g/mol. The van der Waals surface area contributed by atoms with Gasteiger partial charge >= 0.3 is 0 Å². The van der Waals surface area contributed by atoms with Crippen molar-refractivity contribution in [1.29, 1.82) is 0 Å². The average molecular weight is 329 g/mol. The Morgan fingerprint density at radius 2 is 1.85 bits per heavy atom. The number of carbonyl (C=O) groups is 1. The monoisotopic (exact) mass is 328 g/mol. The number of carbonyl (C=O) groups excluding carboxylic acids is 1. The summed E-state index contributed by atoms with van der Waals surface area (Å²) >= 11 is 3.43. The summed E-state index contributed by atoms with van der Waals surface area (Å²) in [6.07, 6.45) is 1.61. The highest BCUT2D eigenvalue weighted by Crippen LogP contribution is 2.56. The summed E-state index contributed by atoms with van der Waals surface area (Å²) in [5.74, 6) is 0.146. The molecule has 1 aliphatic heterocycles. The molecule has 0 bridgehead atoms. The minimum Gasteiger partial charge on any atom is -0.352 e. The number of aryl methyl sites for hydroxylation is 1. The molecule has 1 fully saturated rings. The van der Waals surface area contributed by atoms with Gasteiger partial charge in [-0.05, 0) is 36.1 Å². The standard InChI is InChI=1S/C17H13BrO2/c18-13-7-5-12(6-8-13)16-17(20-16)10-9-11-3-1-2-4-14(11)15(17)19/h1-8,16H,9-10H2/t16-,17+/m1/s1. The van der Waals surface area contributed by atoms with E-state index in [2.05, 4.69) is 15.9 Å². The Hall–Kier alpha value is -1.45. The second-order valence-corrected chi connectivity index (χ2v) is 6.34. The van der Waals surface area contributed by atoms with Gasteiger partial charge in [-0.25, -0.2) is 0 Å². The lowest BCUT2D eigenvalue weighted by molar-refractivity contribution is 0.0850. The second-order valence-electron chi connectivity index (χ2n) is 5.43. The van der Waals surface area contributed by atoms with E-state index in [0.717, 1.165) is 34.0 Å². The lowest BCUT2D eigenvalue weighted by Gasteiger charge is -2.20. The lowest BCUT2D eigenvalue weighted by Crippen LogP contribution is -2.31. The van der Waals surface area contributed by atoms with Crippen LogP contribution in [0.4, 0.5) is 0 Å². The van der Waals surface area contributed by atoms with E-state index in [9.17, 15) is 4.79 Å². The van der Waals surface area contributed by atoms with Crippen LogP contribution in [0.3, 0.4) is 0 Å². The van der Waals surface area contributed by atoms with Gasteiger partial charge in [0.15, 0.2) is 11.4 Å². The van der Waals surface area contributed by atoms with E-state index in [4.69, 9.17) is 4.74 Å². The number of Topliss-reactive ketones (excluding diaryl/α,β-unsaturated/α-hetero) is 1. The Labute approximate surface area is 125 Å². The van der Waals surface area contributed by atoms with E-state index in [-0.39, 0.29) is 11.9 Å². The van der Waals surface area contributed by atoms with Crippen molar-refractivity contribution in [2.24, 2.45) is 0 Å². The van der Waals surface area contributed by atoms with Crippen molar-refractivity contribution in [1.82, 2.24) is 0 Å². The predicted octanol–water partition coefficient (Wildman–Crippen LogP) is 4.09.